The van der Waals surface area contributed by atoms with E-state index in [9.17, 15) is 4.79 Å². The minimum atomic E-state index is -0.00701. The highest BCUT2D eigenvalue weighted by atomic mass is 16.5. The highest BCUT2D eigenvalue weighted by molar-refractivity contribution is 5.76. The molecule has 3 nitrogen and oxygen atoms in total. The third-order valence-corrected chi connectivity index (χ3v) is 4.82. The predicted octanol–water partition coefficient (Wildman–Crippen LogP) is 3.37. The summed E-state index contributed by atoms with van der Waals surface area (Å²) in [4.78, 5) is 14.4. The zero-order valence-corrected chi connectivity index (χ0v) is 13.2. The number of carbonyl (C=O) groups is 1. The Bertz CT molecular complexity index is 512. The van der Waals surface area contributed by atoms with Crippen LogP contribution in [0.3, 0.4) is 0 Å². The SMILES string of the molecule is Cc1cc(C)cc(CN2CC[C@]3(CCCO3)CCC2=O)c1. The van der Waals surface area contributed by atoms with Crippen LogP contribution in [-0.4, -0.2) is 29.6 Å². The summed E-state index contributed by atoms with van der Waals surface area (Å²) in [7, 11) is 0. The van der Waals surface area contributed by atoms with Gasteiger partial charge in [-0.3, -0.25) is 4.79 Å². The van der Waals surface area contributed by atoms with Crippen molar-refractivity contribution in [1.82, 2.24) is 4.90 Å². The van der Waals surface area contributed by atoms with Crippen molar-refractivity contribution in [1.29, 1.82) is 0 Å². The maximum Gasteiger partial charge on any atom is 0.222 e. The van der Waals surface area contributed by atoms with E-state index in [0.717, 1.165) is 45.4 Å². The molecule has 2 saturated heterocycles. The maximum absolute atomic E-state index is 12.4. The minimum Gasteiger partial charge on any atom is -0.375 e. The largest absolute Gasteiger partial charge is 0.375 e. The van der Waals surface area contributed by atoms with E-state index in [1.54, 1.807) is 0 Å². The Morgan fingerprint density at radius 3 is 2.57 bits per heavy atom. The number of hydrogen-bond acceptors (Lipinski definition) is 2. The van der Waals surface area contributed by atoms with E-state index >= 15 is 0 Å². The second-order valence-corrected chi connectivity index (χ2v) is 6.70. The Kier molecular flexibility index (Phi) is 4.03. The van der Waals surface area contributed by atoms with Gasteiger partial charge in [0, 0.05) is 26.1 Å². The zero-order chi connectivity index (χ0) is 14.9. The van der Waals surface area contributed by atoms with Gasteiger partial charge >= 0.3 is 0 Å². The summed E-state index contributed by atoms with van der Waals surface area (Å²) in [5.41, 5.74) is 3.77. The molecule has 2 heterocycles. The van der Waals surface area contributed by atoms with E-state index in [1.165, 1.54) is 16.7 Å². The average Bonchev–Trinajstić information content (AvgIpc) is 2.83. The van der Waals surface area contributed by atoms with Gasteiger partial charge < -0.3 is 9.64 Å². The molecule has 3 heteroatoms. The van der Waals surface area contributed by atoms with Crippen LogP contribution in [-0.2, 0) is 16.1 Å². The smallest absolute Gasteiger partial charge is 0.222 e. The molecule has 2 aliphatic heterocycles. The predicted molar refractivity (Wildman–Crippen MR) is 83.1 cm³/mol. The highest BCUT2D eigenvalue weighted by Gasteiger charge is 2.38. The lowest BCUT2D eigenvalue weighted by atomic mass is 9.92. The second kappa shape index (κ2) is 5.80. The van der Waals surface area contributed by atoms with Crippen LogP contribution in [0.15, 0.2) is 18.2 Å². The van der Waals surface area contributed by atoms with Crippen molar-refractivity contribution < 1.29 is 9.53 Å². The highest BCUT2D eigenvalue weighted by Crippen LogP contribution is 2.36. The number of carbonyl (C=O) groups excluding carboxylic acids is 1. The van der Waals surface area contributed by atoms with Crippen LogP contribution in [0.4, 0.5) is 0 Å². The standard InChI is InChI=1S/C18H25NO2/c1-14-10-15(2)12-16(11-14)13-19-8-7-18(5-3-9-21-18)6-4-17(19)20/h10-12H,3-9,13H2,1-2H3/t18-/m0/s1. The average molecular weight is 287 g/mol. The molecular weight excluding hydrogens is 262 g/mol. The van der Waals surface area contributed by atoms with Gasteiger partial charge in [-0.15, -0.1) is 0 Å². The Morgan fingerprint density at radius 2 is 1.90 bits per heavy atom. The number of nitrogens with zero attached hydrogens (tertiary/aromatic N) is 1. The molecule has 1 aromatic rings. The molecule has 3 rings (SSSR count). The van der Waals surface area contributed by atoms with Gasteiger partial charge in [0.25, 0.3) is 0 Å². The third kappa shape index (κ3) is 3.29. The molecule has 0 saturated carbocycles. The number of rotatable bonds is 2. The van der Waals surface area contributed by atoms with Gasteiger partial charge in [0.2, 0.25) is 5.91 Å². The first-order chi connectivity index (χ1) is 10.1. The molecule has 1 spiro atoms. The Balaban J connectivity index is 1.71. The van der Waals surface area contributed by atoms with Gasteiger partial charge in [0.05, 0.1) is 5.60 Å². The van der Waals surface area contributed by atoms with Gasteiger partial charge in [0.1, 0.15) is 0 Å². The van der Waals surface area contributed by atoms with Crippen molar-refractivity contribution in [2.45, 2.75) is 58.1 Å². The first-order valence-electron chi connectivity index (χ1n) is 8.05. The molecular formula is C18H25NO2. The van der Waals surface area contributed by atoms with Gasteiger partial charge in [0.15, 0.2) is 0 Å². The molecule has 0 radical (unpaired) electrons. The van der Waals surface area contributed by atoms with Crippen molar-refractivity contribution in [2.24, 2.45) is 0 Å². The minimum absolute atomic E-state index is 0.00701. The third-order valence-electron chi connectivity index (χ3n) is 4.82. The lowest BCUT2D eigenvalue weighted by Crippen LogP contribution is -2.32. The number of likely N-dealkylation sites (tertiary alicyclic amines) is 1. The zero-order valence-electron chi connectivity index (χ0n) is 13.2. The Morgan fingerprint density at radius 1 is 1.14 bits per heavy atom. The first kappa shape index (κ1) is 14.6. The number of ether oxygens (including phenoxy) is 1. The molecule has 1 amide bonds. The fraction of sp³-hybridized carbons (Fsp3) is 0.611. The van der Waals surface area contributed by atoms with Crippen LogP contribution < -0.4 is 0 Å². The molecule has 0 unspecified atom stereocenters. The topological polar surface area (TPSA) is 29.5 Å². The van der Waals surface area contributed by atoms with Gasteiger partial charge in [-0.1, -0.05) is 29.3 Å². The number of aryl methyl sites for hydroxylation is 2. The lowest BCUT2D eigenvalue weighted by molar-refractivity contribution is -0.131. The number of benzene rings is 1. The fourth-order valence-corrected chi connectivity index (χ4v) is 3.78. The summed E-state index contributed by atoms with van der Waals surface area (Å²) in [6.45, 7) is 6.65. The number of hydrogen-bond donors (Lipinski definition) is 0. The normalized spacial score (nSPS) is 26.4. The van der Waals surface area contributed by atoms with Gasteiger partial charge in [-0.2, -0.15) is 0 Å². The van der Waals surface area contributed by atoms with Crippen molar-refractivity contribution in [3.63, 3.8) is 0 Å². The molecule has 2 aliphatic rings. The summed E-state index contributed by atoms with van der Waals surface area (Å²) in [5.74, 6) is 0.279. The molecule has 0 aromatic heterocycles. The monoisotopic (exact) mass is 287 g/mol. The van der Waals surface area contributed by atoms with Crippen LogP contribution >= 0.6 is 0 Å². The fourth-order valence-electron chi connectivity index (χ4n) is 3.78. The van der Waals surface area contributed by atoms with Crippen molar-refractivity contribution in [3.05, 3.63) is 34.9 Å². The van der Waals surface area contributed by atoms with Crippen LogP contribution in [0.5, 0.6) is 0 Å². The summed E-state index contributed by atoms with van der Waals surface area (Å²) in [6, 6.07) is 6.55. The molecule has 1 atom stereocenters. The summed E-state index contributed by atoms with van der Waals surface area (Å²) in [6.07, 6.45) is 4.78. The second-order valence-electron chi connectivity index (χ2n) is 6.70. The summed E-state index contributed by atoms with van der Waals surface area (Å²) in [5, 5.41) is 0. The quantitative estimate of drug-likeness (QED) is 0.834. The van der Waals surface area contributed by atoms with E-state index < -0.39 is 0 Å². The molecule has 0 aliphatic carbocycles. The molecule has 2 fully saturated rings. The summed E-state index contributed by atoms with van der Waals surface area (Å²) < 4.78 is 5.97. The van der Waals surface area contributed by atoms with Crippen molar-refractivity contribution in [3.8, 4) is 0 Å². The van der Waals surface area contributed by atoms with Crippen LogP contribution in [0.1, 0.15) is 48.8 Å². The van der Waals surface area contributed by atoms with Crippen LogP contribution in [0.25, 0.3) is 0 Å². The first-order valence-corrected chi connectivity index (χ1v) is 8.05. The summed E-state index contributed by atoms with van der Waals surface area (Å²) >= 11 is 0. The van der Waals surface area contributed by atoms with E-state index in [2.05, 4.69) is 32.0 Å². The van der Waals surface area contributed by atoms with Crippen LogP contribution in [0, 0.1) is 13.8 Å². The van der Waals surface area contributed by atoms with E-state index in [0.29, 0.717) is 6.42 Å². The van der Waals surface area contributed by atoms with E-state index in [-0.39, 0.29) is 11.5 Å². The maximum atomic E-state index is 12.4. The molecule has 1 aromatic carbocycles. The molecule has 114 valence electrons. The molecule has 21 heavy (non-hydrogen) atoms. The van der Waals surface area contributed by atoms with Crippen LogP contribution in [0.2, 0.25) is 0 Å². The van der Waals surface area contributed by atoms with Crippen molar-refractivity contribution in [2.75, 3.05) is 13.2 Å². The Hall–Kier alpha value is -1.35. The number of amides is 1. The van der Waals surface area contributed by atoms with Gasteiger partial charge in [-0.25, -0.2) is 0 Å². The lowest BCUT2D eigenvalue weighted by Gasteiger charge is -2.26. The molecule has 0 N–H and O–H groups in total. The van der Waals surface area contributed by atoms with E-state index in [1.807, 2.05) is 4.90 Å². The van der Waals surface area contributed by atoms with Crippen molar-refractivity contribution >= 4 is 5.91 Å². The molecule has 0 bridgehead atoms. The Labute approximate surface area is 127 Å². The van der Waals surface area contributed by atoms with Gasteiger partial charge in [-0.05, 0) is 45.1 Å². The van der Waals surface area contributed by atoms with E-state index in [4.69, 9.17) is 4.74 Å².